The molecule has 0 bridgehead atoms. The summed E-state index contributed by atoms with van der Waals surface area (Å²) in [4.78, 5) is 25.3. The summed E-state index contributed by atoms with van der Waals surface area (Å²) in [6, 6.07) is 21.8. The molecule has 0 spiro atoms. The third-order valence-corrected chi connectivity index (χ3v) is 5.25. The van der Waals surface area contributed by atoms with E-state index < -0.39 is 11.8 Å². The van der Waals surface area contributed by atoms with Crippen LogP contribution in [0.15, 0.2) is 82.8 Å². The number of amides is 2. The molecule has 1 N–H and O–H groups in total. The van der Waals surface area contributed by atoms with Crippen LogP contribution in [0, 0.1) is 0 Å². The zero-order valence-electron chi connectivity index (χ0n) is 15.6. The van der Waals surface area contributed by atoms with E-state index in [1.165, 1.54) is 11.1 Å². The number of benzene rings is 3. The van der Waals surface area contributed by atoms with Crippen LogP contribution >= 0.6 is 27.5 Å². The van der Waals surface area contributed by atoms with Gasteiger partial charge in [0, 0.05) is 15.1 Å². The lowest BCUT2D eigenvalue weighted by molar-refractivity contribution is -0.117. The molecule has 1 heterocycles. The number of anilines is 1. The fraction of sp³-hybridized carbons (Fsp3) is 0.0435. The first kappa shape index (κ1) is 20.2. The molecule has 1 fully saturated rings. The minimum atomic E-state index is -0.484. The average Bonchev–Trinajstić information content (AvgIpc) is 3.03. The van der Waals surface area contributed by atoms with E-state index >= 15 is 0 Å². The number of hydrogen-bond donors (Lipinski definition) is 1. The Labute approximate surface area is 187 Å². The predicted octanol–water partition coefficient (Wildman–Crippen LogP) is 5.14. The summed E-state index contributed by atoms with van der Waals surface area (Å²) in [5.74, 6) is -0.402. The van der Waals surface area contributed by atoms with E-state index in [1.54, 1.807) is 42.5 Å². The Kier molecular flexibility index (Phi) is 5.88. The Bertz CT molecular complexity index is 1130. The quantitative estimate of drug-likeness (QED) is 0.404. The number of carbonyl (C=O) groups excluding carboxylic acids is 2. The van der Waals surface area contributed by atoms with Gasteiger partial charge in [0.2, 0.25) is 0 Å². The fourth-order valence-electron chi connectivity index (χ4n) is 2.98. The van der Waals surface area contributed by atoms with Crippen molar-refractivity contribution in [2.45, 2.75) is 6.61 Å². The maximum absolute atomic E-state index is 12.8. The first-order valence-electron chi connectivity index (χ1n) is 9.10. The summed E-state index contributed by atoms with van der Waals surface area (Å²) in [7, 11) is 0. The third-order valence-electron chi connectivity index (χ3n) is 4.49. The molecular formula is C23H16BrClN2O3. The monoisotopic (exact) mass is 482 g/mol. The van der Waals surface area contributed by atoms with Crippen LogP contribution in [0.2, 0.25) is 5.02 Å². The molecule has 3 aromatic carbocycles. The molecule has 3 aromatic rings. The molecule has 1 aliphatic rings. The Morgan fingerprint density at radius 1 is 1.00 bits per heavy atom. The van der Waals surface area contributed by atoms with Gasteiger partial charge in [-0.05, 0) is 54.1 Å². The van der Waals surface area contributed by atoms with Gasteiger partial charge in [-0.25, -0.2) is 5.01 Å². The molecule has 0 aromatic heterocycles. The highest BCUT2D eigenvalue weighted by Gasteiger charge is 2.34. The summed E-state index contributed by atoms with van der Waals surface area (Å²) < 4.78 is 6.92. The highest BCUT2D eigenvalue weighted by atomic mass is 79.9. The predicted molar refractivity (Wildman–Crippen MR) is 120 cm³/mol. The second kappa shape index (κ2) is 8.73. The van der Waals surface area contributed by atoms with Crippen molar-refractivity contribution >= 4 is 51.1 Å². The molecule has 4 rings (SSSR count). The number of nitrogens with zero attached hydrogens (tertiary/aromatic N) is 1. The molecule has 0 saturated carbocycles. The summed E-state index contributed by atoms with van der Waals surface area (Å²) >= 11 is 9.55. The number of ether oxygens (including phenoxy) is 1. The van der Waals surface area contributed by atoms with Gasteiger partial charge >= 0.3 is 0 Å². The molecule has 5 nitrogen and oxygen atoms in total. The minimum absolute atomic E-state index is 0.00890. The zero-order chi connectivity index (χ0) is 21.1. The zero-order valence-corrected chi connectivity index (χ0v) is 18.0. The Balaban J connectivity index is 1.61. The Morgan fingerprint density at radius 3 is 2.47 bits per heavy atom. The van der Waals surface area contributed by atoms with Gasteiger partial charge in [-0.15, -0.1) is 0 Å². The summed E-state index contributed by atoms with van der Waals surface area (Å²) in [6.45, 7) is 0.335. The van der Waals surface area contributed by atoms with E-state index in [4.69, 9.17) is 16.3 Å². The van der Waals surface area contributed by atoms with Crippen LogP contribution in [0.4, 0.5) is 5.69 Å². The van der Waals surface area contributed by atoms with Gasteiger partial charge in [0.1, 0.15) is 17.9 Å². The molecule has 2 amide bonds. The van der Waals surface area contributed by atoms with Crippen LogP contribution in [0.1, 0.15) is 11.1 Å². The van der Waals surface area contributed by atoms with Crippen molar-refractivity contribution in [2.75, 3.05) is 5.01 Å². The molecule has 1 saturated heterocycles. The van der Waals surface area contributed by atoms with Gasteiger partial charge in [-0.1, -0.05) is 57.9 Å². The van der Waals surface area contributed by atoms with E-state index in [9.17, 15) is 9.59 Å². The smallest absolute Gasteiger partial charge is 0.282 e. The SMILES string of the molecule is O=C1NN(c2ccccc2)C(=O)/C1=C\c1cc(Cl)ccc1OCc1ccc(Br)cc1. The molecule has 0 radical (unpaired) electrons. The summed E-state index contributed by atoms with van der Waals surface area (Å²) in [5, 5.41) is 1.70. The lowest BCUT2D eigenvalue weighted by atomic mass is 10.1. The number of para-hydroxylation sites is 1. The van der Waals surface area contributed by atoms with Gasteiger partial charge in [0.25, 0.3) is 11.8 Å². The first-order valence-corrected chi connectivity index (χ1v) is 10.3. The van der Waals surface area contributed by atoms with Gasteiger partial charge in [-0.3, -0.25) is 15.0 Å². The lowest BCUT2D eigenvalue weighted by Crippen LogP contribution is -2.35. The van der Waals surface area contributed by atoms with Crippen LogP contribution in [-0.4, -0.2) is 11.8 Å². The van der Waals surface area contributed by atoms with Crippen molar-refractivity contribution < 1.29 is 14.3 Å². The normalized spacial score (nSPS) is 14.9. The lowest BCUT2D eigenvalue weighted by Gasteiger charge is -2.14. The van der Waals surface area contributed by atoms with Crippen molar-refractivity contribution in [3.8, 4) is 5.75 Å². The minimum Gasteiger partial charge on any atom is -0.488 e. The standard InChI is InChI=1S/C23H16BrClN2O3/c24-17-8-6-15(7-9-17)14-30-21-11-10-18(25)12-16(21)13-20-22(28)26-27(23(20)29)19-4-2-1-3-5-19/h1-13H,14H2,(H,26,28)/b20-13-. The van der Waals surface area contributed by atoms with Crippen LogP contribution in [-0.2, 0) is 16.2 Å². The Morgan fingerprint density at radius 2 is 1.73 bits per heavy atom. The van der Waals surface area contributed by atoms with E-state index in [-0.39, 0.29) is 5.57 Å². The van der Waals surface area contributed by atoms with Crippen molar-refractivity contribution in [1.82, 2.24) is 5.43 Å². The van der Waals surface area contributed by atoms with Crippen molar-refractivity contribution in [1.29, 1.82) is 0 Å². The second-order valence-corrected chi connectivity index (χ2v) is 7.92. The highest BCUT2D eigenvalue weighted by Crippen LogP contribution is 2.28. The number of carbonyl (C=O) groups is 2. The van der Waals surface area contributed by atoms with Crippen LogP contribution in [0.5, 0.6) is 5.75 Å². The Hall–Kier alpha value is -3.09. The summed E-state index contributed by atoms with van der Waals surface area (Å²) in [5.41, 5.74) is 4.71. The molecule has 30 heavy (non-hydrogen) atoms. The van der Waals surface area contributed by atoms with Crippen molar-refractivity contribution in [3.05, 3.63) is 99.0 Å². The summed E-state index contributed by atoms with van der Waals surface area (Å²) in [6.07, 6.45) is 1.50. The highest BCUT2D eigenvalue weighted by molar-refractivity contribution is 9.10. The number of nitrogens with one attached hydrogen (secondary N) is 1. The van der Waals surface area contributed by atoms with Crippen molar-refractivity contribution in [3.63, 3.8) is 0 Å². The van der Waals surface area contributed by atoms with E-state index in [0.717, 1.165) is 10.0 Å². The van der Waals surface area contributed by atoms with Gasteiger partial charge < -0.3 is 4.74 Å². The average molecular weight is 484 g/mol. The molecule has 0 atom stereocenters. The van der Waals surface area contributed by atoms with Crippen molar-refractivity contribution in [2.24, 2.45) is 0 Å². The van der Waals surface area contributed by atoms with Gasteiger partial charge in [0.15, 0.2) is 0 Å². The largest absolute Gasteiger partial charge is 0.488 e. The number of rotatable bonds is 5. The van der Waals surface area contributed by atoms with Gasteiger partial charge in [-0.2, -0.15) is 0 Å². The number of hydrogen-bond acceptors (Lipinski definition) is 3. The third kappa shape index (κ3) is 4.40. The van der Waals surface area contributed by atoms with Crippen LogP contribution < -0.4 is 15.2 Å². The molecule has 0 aliphatic carbocycles. The van der Waals surface area contributed by atoms with Gasteiger partial charge in [0.05, 0.1) is 5.69 Å². The molecule has 1 aliphatic heterocycles. The van der Waals surface area contributed by atoms with E-state index in [1.807, 2.05) is 30.3 Å². The molecule has 7 heteroatoms. The number of halogens is 2. The topological polar surface area (TPSA) is 58.6 Å². The fourth-order valence-corrected chi connectivity index (χ4v) is 3.42. The van der Waals surface area contributed by atoms with E-state index in [2.05, 4.69) is 21.4 Å². The van der Waals surface area contributed by atoms with Crippen LogP contribution in [0.3, 0.4) is 0 Å². The second-order valence-electron chi connectivity index (χ2n) is 6.57. The molecular weight excluding hydrogens is 468 g/mol. The van der Waals surface area contributed by atoms with E-state index in [0.29, 0.717) is 28.6 Å². The first-order chi connectivity index (χ1) is 14.5. The van der Waals surface area contributed by atoms with Crippen LogP contribution in [0.25, 0.3) is 6.08 Å². The molecule has 0 unspecified atom stereocenters. The number of hydrazine groups is 1. The maximum atomic E-state index is 12.8. The maximum Gasteiger partial charge on any atom is 0.282 e. The molecule has 150 valence electrons.